The van der Waals surface area contributed by atoms with E-state index in [1.54, 1.807) is 6.20 Å². The van der Waals surface area contributed by atoms with Crippen LogP contribution < -0.4 is 0 Å². The quantitative estimate of drug-likeness (QED) is 0.168. The topological polar surface area (TPSA) is 51.8 Å². The van der Waals surface area contributed by atoms with Crippen LogP contribution in [0.5, 0.6) is 0 Å². The van der Waals surface area contributed by atoms with Crippen molar-refractivity contribution in [3.63, 3.8) is 0 Å². The molecule has 0 aliphatic heterocycles. The second kappa shape index (κ2) is 12.7. The van der Waals surface area contributed by atoms with E-state index in [9.17, 15) is 0 Å². The molecule has 7 aromatic rings. The molecule has 4 nitrogen and oxygen atoms in total. The molecule has 2 aromatic carbocycles. The van der Waals surface area contributed by atoms with Crippen molar-refractivity contribution in [3.8, 4) is 22.5 Å². The number of rotatable bonds is 3. The van der Waals surface area contributed by atoms with E-state index in [2.05, 4.69) is 66.1 Å². The van der Waals surface area contributed by atoms with Crippen molar-refractivity contribution in [2.75, 3.05) is 0 Å². The maximum Gasteiger partial charge on any atom is 0.216 e. The molecular formula is C38H35IrN3OS-2. The van der Waals surface area contributed by atoms with Crippen molar-refractivity contribution in [2.45, 2.75) is 54.8 Å². The molecule has 7 rings (SSSR count). The number of pyridine rings is 3. The molecule has 225 valence electrons. The van der Waals surface area contributed by atoms with Gasteiger partial charge in [-0.15, -0.1) is 64.9 Å². The number of thiophene rings is 1. The number of hydrogen-bond donors (Lipinski definition) is 0. The van der Waals surface area contributed by atoms with E-state index in [-0.39, 0.29) is 20.1 Å². The number of aryl methyl sites for hydroxylation is 4. The maximum absolute atomic E-state index is 8.67. The Morgan fingerprint density at radius 3 is 2.45 bits per heavy atom. The second-order valence-corrected chi connectivity index (χ2v) is 13.1. The van der Waals surface area contributed by atoms with Crippen molar-refractivity contribution in [3.05, 3.63) is 112 Å². The summed E-state index contributed by atoms with van der Waals surface area (Å²) in [4.78, 5) is 14.3. The Morgan fingerprint density at radius 1 is 0.909 bits per heavy atom. The summed E-state index contributed by atoms with van der Waals surface area (Å²) in [5.41, 5.74) is 9.01. The van der Waals surface area contributed by atoms with Crippen LogP contribution in [-0.4, -0.2) is 15.0 Å². The van der Waals surface area contributed by atoms with E-state index >= 15 is 0 Å². The van der Waals surface area contributed by atoms with Crippen molar-refractivity contribution >= 4 is 43.5 Å². The average Bonchev–Trinajstić information content (AvgIpc) is 3.61. The summed E-state index contributed by atoms with van der Waals surface area (Å²) in [5.74, 6) is 0. The van der Waals surface area contributed by atoms with E-state index in [0.717, 1.165) is 49.1 Å². The molecule has 0 N–H and O–H groups in total. The fourth-order valence-corrected chi connectivity index (χ4v) is 6.16. The molecule has 5 heterocycles. The van der Waals surface area contributed by atoms with Crippen molar-refractivity contribution in [1.29, 1.82) is 0 Å². The van der Waals surface area contributed by atoms with Gasteiger partial charge in [0.15, 0.2) is 0 Å². The minimum Gasteiger partial charge on any atom is -0.486 e. The smallest absolute Gasteiger partial charge is 0.216 e. The van der Waals surface area contributed by atoms with Crippen LogP contribution in [0.3, 0.4) is 0 Å². The third kappa shape index (κ3) is 6.68. The Bertz CT molecular complexity index is 2180. The van der Waals surface area contributed by atoms with Gasteiger partial charge >= 0.3 is 0 Å². The molecule has 0 bridgehead atoms. The van der Waals surface area contributed by atoms with Crippen molar-refractivity contribution < 1.29 is 27.3 Å². The Kier molecular flexibility index (Phi) is 8.40. The Labute approximate surface area is 279 Å². The van der Waals surface area contributed by atoms with E-state index < -0.39 is 11.8 Å². The molecule has 44 heavy (non-hydrogen) atoms. The minimum atomic E-state index is -1.45. The summed E-state index contributed by atoms with van der Waals surface area (Å²) in [7, 11) is 0. The van der Waals surface area contributed by atoms with Gasteiger partial charge in [-0.3, -0.25) is 0 Å². The Balaban J connectivity index is 0.000000220. The summed E-state index contributed by atoms with van der Waals surface area (Å²) in [6, 6.07) is 26.5. The first-order chi connectivity index (χ1) is 21.3. The third-order valence-electron chi connectivity index (χ3n) is 7.22. The molecule has 1 radical (unpaired) electrons. The molecule has 0 aliphatic rings. The van der Waals surface area contributed by atoms with Crippen LogP contribution in [0.1, 0.15) is 50.8 Å². The minimum absolute atomic E-state index is 0. The van der Waals surface area contributed by atoms with Crippen LogP contribution in [0.15, 0.2) is 77.5 Å². The fourth-order valence-electron chi connectivity index (χ4n) is 4.90. The molecule has 0 saturated heterocycles. The molecule has 6 heteroatoms. The predicted octanol–water partition coefficient (Wildman–Crippen LogP) is 10.4. The van der Waals surface area contributed by atoms with Gasteiger partial charge in [0.1, 0.15) is 0 Å². The molecule has 0 spiro atoms. The number of hydrogen-bond acceptors (Lipinski definition) is 5. The summed E-state index contributed by atoms with van der Waals surface area (Å²) in [6.07, 6.45) is 2.22. The van der Waals surface area contributed by atoms with Gasteiger partial charge in [-0.1, -0.05) is 50.3 Å². The first-order valence-electron chi connectivity index (χ1n) is 15.4. The second-order valence-electron chi connectivity index (χ2n) is 12.0. The zero-order valence-corrected chi connectivity index (χ0v) is 29.1. The standard InChI is InChI=1S/C24H21N2OS.C14H14N.Ir/c1-14-8-9-18-17-6-5-7-19(21(17)27-23(18)26-14)20-22-15(10-11-25-20)12-16(28-22)13-24(2,3)4;1-10-4-6-13(7-5-10)14-8-11(2)12(3)9-15-14;/h5-6,8-12H,13H2,1-4H3;4-6,8-9H,1-3H3;/q2*-1;/i13D2;;. The van der Waals surface area contributed by atoms with Gasteiger partial charge in [0.2, 0.25) is 5.71 Å². The van der Waals surface area contributed by atoms with Gasteiger partial charge in [0.25, 0.3) is 0 Å². The summed E-state index contributed by atoms with van der Waals surface area (Å²) in [6.45, 7) is 14.0. The van der Waals surface area contributed by atoms with Gasteiger partial charge in [0.05, 0.1) is 5.58 Å². The van der Waals surface area contributed by atoms with Gasteiger partial charge in [-0.2, -0.15) is 0 Å². The van der Waals surface area contributed by atoms with Crippen LogP contribution in [0.2, 0.25) is 0 Å². The van der Waals surface area contributed by atoms with Crippen LogP contribution >= 0.6 is 11.3 Å². The number of aromatic nitrogens is 3. The molecule has 0 saturated carbocycles. The van der Waals surface area contributed by atoms with Gasteiger partial charge in [-0.05, 0) is 73.5 Å². The molecule has 5 aromatic heterocycles. The van der Waals surface area contributed by atoms with Gasteiger partial charge in [-0.25, -0.2) is 4.98 Å². The monoisotopic (exact) mass is 776 g/mol. The summed E-state index contributed by atoms with van der Waals surface area (Å²) in [5, 5.41) is 2.92. The van der Waals surface area contributed by atoms with E-state index in [1.165, 1.54) is 28.0 Å². The fraction of sp³-hybridized carbons (Fsp3) is 0.237. The van der Waals surface area contributed by atoms with Crippen LogP contribution in [0, 0.1) is 45.2 Å². The SMILES string of the molecule is Cc1c[c-]c(-c2cc(C)c(C)cn2)cc1.[2H]C([2H])(c1cc2ccnc(-c3[c-]ccc4c3oc3nc(C)ccc34)c2s1)C(C)(C)C.[Ir]. The summed E-state index contributed by atoms with van der Waals surface area (Å²) < 4.78 is 24.4. The number of fused-ring (bicyclic) bond motifs is 4. The summed E-state index contributed by atoms with van der Waals surface area (Å²) >= 11 is 1.46. The number of benzene rings is 2. The van der Waals surface area contributed by atoms with Crippen molar-refractivity contribution in [2.24, 2.45) is 5.41 Å². The normalized spacial score (nSPS) is 12.4. The number of nitrogens with zero attached hydrogens (tertiary/aromatic N) is 3. The van der Waals surface area contributed by atoms with Crippen LogP contribution in [-0.2, 0) is 26.5 Å². The molecular weight excluding hydrogens is 739 g/mol. The first kappa shape index (κ1) is 29.0. The molecule has 0 atom stereocenters. The molecule has 0 fully saturated rings. The largest absolute Gasteiger partial charge is 0.486 e. The molecule has 0 unspecified atom stereocenters. The van der Waals surface area contributed by atoms with E-state index in [4.69, 9.17) is 7.16 Å². The molecule has 0 amide bonds. The van der Waals surface area contributed by atoms with E-state index in [1.807, 2.05) is 76.4 Å². The van der Waals surface area contributed by atoms with Gasteiger partial charge in [0, 0.05) is 61.6 Å². The van der Waals surface area contributed by atoms with E-state index in [0.29, 0.717) is 16.2 Å². The predicted molar refractivity (Wildman–Crippen MR) is 180 cm³/mol. The third-order valence-corrected chi connectivity index (χ3v) is 8.30. The maximum atomic E-state index is 8.67. The Morgan fingerprint density at radius 2 is 1.73 bits per heavy atom. The Hall–Kier alpha value is -3.70. The molecule has 0 aliphatic carbocycles. The van der Waals surface area contributed by atoms with Crippen molar-refractivity contribution in [1.82, 2.24) is 15.0 Å². The number of furan rings is 1. The van der Waals surface area contributed by atoms with Crippen LogP contribution in [0.4, 0.5) is 0 Å². The zero-order chi connectivity index (χ0) is 32.1. The first-order valence-corrected chi connectivity index (χ1v) is 15.2. The van der Waals surface area contributed by atoms with Gasteiger partial charge < -0.3 is 14.4 Å². The van der Waals surface area contributed by atoms with Crippen LogP contribution in [0.25, 0.3) is 54.7 Å². The zero-order valence-electron chi connectivity index (χ0n) is 27.9. The average molecular weight is 776 g/mol.